The predicted molar refractivity (Wildman–Crippen MR) is 127 cm³/mol. The Labute approximate surface area is 312 Å². The molecule has 3 atom stereocenters. The van der Waals surface area contributed by atoms with E-state index < -0.39 is 83.9 Å². The first-order valence-corrected chi connectivity index (χ1v) is 10.9. The number of halogens is 35. The van der Waals surface area contributed by atoms with Crippen LogP contribution in [-0.4, -0.2) is 81.4 Å². The van der Waals surface area contributed by atoms with E-state index in [0.29, 0.717) is 0 Å². The average Bonchev–Trinajstić information content (AvgIpc) is 2.74. The lowest BCUT2D eigenvalue weighted by Gasteiger charge is -2.14. The molecule has 0 aliphatic rings. The first-order valence-electron chi connectivity index (χ1n) is 9.61. The molecule has 3 unspecified atom stereocenters. The van der Waals surface area contributed by atoms with E-state index in [4.69, 9.17) is 0 Å². The summed E-state index contributed by atoms with van der Waals surface area (Å²) in [6.45, 7) is 2.56. The van der Waals surface area contributed by atoms with Crippen molar-refractivity contribution >= 4 is 43.2 Å². The normalized spacial score (nSPS) is 12.9. The van der Waals surface area contributed by atoms with E-state index in [1.165, 1.54) is 0 Å². The molecular weight excluding hydrogens is 974 g/mol. The van der Waals surface area contributed by atoms with Crippen molar-refractivity contribution in [2.45, 2.75) is 74.3 Å². The second-order valence-corrected chi connectivity index (χ2v) is 8.38. The van der Waals surface area contributed by atoms with Gasteiger partial charge in [0.2, 0.25) is 12.3 Å². The highest BCUT2D eigenvalue weighted by molar-refractivity contribution is 6.30. The zero-order chi connectivity index (χ0) is 39.7. The summed E-state index contributed by atoms with van der Waals surface area (Å²) in [7, 11) is 0. The number of alkyl halides is 26. The van der Waals surface area contributed by atoms with E-state index in [1.54, 1.807) is 0 Å². The van der Waals surface area contributed by atoms with Crippen LogP contribution >= 0.6 is 34.8 Å². The fraction of sp³-hybridized carbons (Fsp3) is 0.778. The fourth-order valence-electron chi connectivity index (χ4n) is 0.175. The Morgan fingerprint density at radius 1 is 0.574 bits per heavy atom. The molecule has 0 N–H and O–H groups in total. The molecule has 3 radical (unpaired) electrons. The summed E-state index contributed by atoms with van der Waals surface area (Å²) in [6.07, 6.45) is -35.7. The molecule has 0 aliphatic heterocycles. The molecule has 0 aromatic carbocycles. The lowest BCUT2D eigenvalue weighted by atomic mass is 10.4. The monoisotopic (exact) mass is 991 g/mol. The Morgan fingerprint density at radius 2 is 0.741 bits per heavy atom. The summed E-state index contributed by atoms with van der Waals surface area (Å²) in [5.74, 6) is -7.84. The maximum absolute atomic E-state index is 11.5. The quantitative estimate of drug-likeness (QED) is 0.221. The molecule has 0 fully saturated rings. The fourth-order valence-corrected chi connectivity index (χ4v) is 0.350. The van der Waals surface area contributed by atoms with Gasteiger partial charge in [-0.1, -0.05) is 36.4 Å². The molecule has 0 aromatic rings. The molecular formula is C18H19BCl5F30-4. The van der Waals surface area contributed by atoms with Crippen LogP contribution in [0.1, 0.15) is 13.8 Å². The summed E-state index contributed by atoms with van der Waals surface area (Å²) < 4.78 is 274. The molecule has 0 bridgehead atoms. The summed E-state index contributed by atoms with van der Waals surface area (Å²) in [4.78, 5) is 0. The average molecular weight is 993 g/mol. The third-order valence-electron chi connectivity index (χ3n) is 2.59. The third-order valence-corrected chi connectivity index (χ3v) is 3.29. The number of hydrogen-bond donors (Lipinski definition) is 0. The topological polar surface area (TPSA) is 0 Å². The molecule has 36 heteroatoms. The van der Waals surface area contributed by atoms with E-state index >= 15 is 0 Å². The Hall–Kier alpha value is -1.11. The van der Waals surface area contributed by atoms with E-state index in [-0.39, 0.29) is 70.6 Å². The van der Waals surface area contributed by atoms with Crippen molar-refractivity contribution in [1.82, 2.24) is 0 Å². The van der Waals surface area contributed by atoms with Crippen LogP contribution in [0.2, 0.25) is 0 Å². The van der Waals surface area contributed by atoms with Crippen molar-refractivity contribution in [2.75, 3.05) is 12.6 Å². The van der Waals surface area contributed by atoms with Gasteiger partial charge in [-0.15, -0.1) is 11.6 Å². The largest absolute Gasteiger partial charge is 1.00 e. The van der Waals surface area contributed by atoms with E-state index in [1.807, 2.05) is 6.58 Å². The molecule has 0 heterocycles. The summed E-state index contributed by atoms with van der Waals surface area (Å²) >= 11 is 13.2. The SMILES string of the molecule is C=C(Cl)C(F)(F)F.C=C(F)C(F)(F)F.CC(F)(Cl)C(F)(F)F.CC(F)(F)C(F)(F)F.F.F.F.FC(CCl)C(F)(F)F.FCC(F)C(F)(F)F.[B].[Cl-].[Cl-].[F-].[F-]. The zero-order valence-electron chi connectivity index (χ0n) is 24.9. The standard InChI is InChI=1S/2C3H3ClF4.C3H2ClF3.2C3H3F5.C3H2F4.B.2ClH.5FH/c1-2(4,5)3(6,7)8;4-1-2(5)3(6,7)8;1-2(4)3(5,6)7;1-2(4,5)3(6,7)8;4-1-2(5)3(6,7)8;1-2(4)3(5,6)7;;;;;;;;/h1H3;2H,1H2;1H2;1H3;2H,1H2;1H2;;7*1H/p-4. The summed E-state index contributed by atoms with van der Waals surface area (Å²) in [5, 5.41) is -4.88. The maximum atomic E-state index is 11.5. The lowest BCUT2D eigenvalue weighted by Crippen LogP contribution is -3.00. The van der Waals surface area contributed by atoms with Crippen LogP contribution < -0.4 is 34.2 Å². The van der Waals surface area contributed by atoms with Gasteiger partial charge in [0, 0.05) is 15.3 Å². The molecule has 0 saturated carbocycles. The lowest BCUT2D eigenvalue weighted by molar-refractivity contribution is -0.273. The van der Waals surface area contributed by atoms with Crippen LogP contribution in [0.4, 0.5) is 124 Å². The minimum Gasteiger partial charge on any atom is -1.00 e. The van der Waals surface area contributed by atoms with Crippen molar-refractivity contribution in [2.24, 2.45) is 0 Å². The van der Waals surface area contributed by atoms with Crippen LogP contribution in [0.5, 0.6) is 0 Å². The minimum absolute atomic E-state index is 0. The van der Waals surface area contributed by atoms with Crippen molar-refractivity contribution in [3.63, 3.8) is 0 Å². The van der Waals surface area contributed by atoms with Crippen molar-refractivity contribution in [3.8, 4) is 0 Å². The molecule has 0 aliphatic carbocycles. The van der Waals surface area contributed by atoms with Crippen LogP contribution in [0.25, 0.3) is 0 Å². The van der Waals surface area contributed by atoms with Crippen molar-refractivity contribution in [3.05, 3.63) is 24.0 Å². The number of allylic oxidation sites excluding steroid dienone is 2. The molecule has 0 spiro atoms. The second-order valence-electron chi connectivity index (χ2n) is 6.90. The molecule has 54 heavy (non-hydrogen) atoms. The van der Waals surface area contributed by atoms with Crippen LogP contribution in [0.3, 0.4) is 0 Å². The maximum Gasteiger partial charge on any atom is 0.452 e. The van der Waals surface area contributed by atoms with Gasteiger partial charge in [-0.2, -0.15) is 87.8 Å². The molecule has 0 aromatic heterocycles. The van der Waals surface area contributed by atoms with E-state index in [2.05, 4.69) is 41.4 Å². The number of rotatable bonds is 2. The van der Waals surface area contributed by atoms with E-state index in [0.717, 1.165) is 0 Å². The highest BCUT2D eigenvalue weighted by Crippen LogP contribution is 2.36. The van der Waals surface area contributed by atoms with Crippen molar-refractivity contribution < 1.29 is 158 Å². The van der Waals surface area contributed by atoms with Crippen LogP contribution in [0, 0.1) is 0 Å². The Morgan fingerprint density at radius 3 is 0.741 bits per heavy atom. The molecule has 0 nitrogen and oxygen atoms in total. The van der Waals surface area contributed by atoms with Gasteiger partial charge in [0.25, 0.3) is 5.13 Å². The number of hydrogen-bond acceptors (Lipinski definition) is 0. The van der Waals surface area contributed by atoms with Gasteiger partial charge in [-0.05, 0) is 6.92 Å². The molecule has 0 rings (SSSR count). The van der Waals surface area contributed by atoms with Gasteiger partial charge < -0.3 is 34.2 Å². The third kappa shape index (κ3) is 62.9. The summed E-state index contributed by atoms with van der Waals surface area (Å²) in [6, 6.07) is 0. The first kappa shape index (κ1) is 94.2. The van der Waals surface area contributed by atoms with Gasteiger partial charge in [0.05, 0.1) is 5.88 Å². The van der Waals surface area contributed by atoms with Crippen LogP contribution in [-0.2, 0) is 0 Å². The summed E-state index contributed by atoms with van der Waals surface area (Å²) in [5.41, 5.74) is 0. The molecule has 0 amide bonds. The minimum atomic E-state index is -5.40. The van der Waals surface area contributed by atoms with Gasteiger partial charge in [-0.3, -0.25) is 14.1 Å². The zero-order valence-corrected chi connectivity index (χ0v) is 28.7. The highest BCUT2D eigenvalue weighted by Gasteiger charge is 2.53. The molecule has 0 saturated heterocycles. The van der Waals surface area contributed by atoms with Crippen molar-refractivity contribution in [1.29, 1.82) is 0 Å². The highest BCUT2D eigenvalue weighted by atomic mass is 35.5. The van der Waals surface area contributed by atoms with Gasteiger partial charge >= 0.3 is 43.0 Å². The molecule has 343 valence electrons. The first-order chi connectivity index (χ1) is 19.3. The predicted octanol–water partition coefficient (Wildman–Crippen LogP) is 1.08. The second kappa shape index (κ2) is 36.3. The van der Waals surface area contributed by atoms with E-state index in [9.17, 15) is 110 Å². The smallest absolute Gasteiger partial charge is 0.452 e. The Balaban J connectivity index is -0.0000000288. The Bertz CT molecular complexity index is 729. The van der Waals surface area contributed by atoms with Gasteiger partial charge in [-0.25, -0.2) is 22.0 Å². The Kier molecular flexibility index (Phi) is 63.2. The van der Waals surface area contributed by atoms with Gasteiger partial charge in [0.15, 0.2) is 5.83 Å². The van der Waals surface area contributed by atoms with Gasteiger partial charge in [0.1, 0.15) is 11.7 Å². The van der Waals surface area contributed by atoms with Crippen LogP contribution in [0.15, 0.2) is 24.0 Å².